The lowest BCUT2D eigenvalue weighted by molar-refractivity contribution is 0.132. The first kappa shape index (κ1) is 17.5. The first-order valence-electron chi connectivity index (χ1n) is 5.99. The molecule has 1 fully saturated rings. The van der Waals surface area contributed by atoms with Gasteiger partial charge in [0.2, 0.25) is 0 Å². The van der Waals surface area contributed by atoms with Gasteiger partial charge in [0.15, 0.2) is 0 Å². The maximum Gasteiger partial charge on any atom is 0.119 e. The van der Waals surface area contributed by atoms with Crippen molar-refractivity contribution >= 4 is 24.8 Å². The second-order valence-electron chi connectivity index (χ2n) is 4.26. The standard InChI is InChI=1S/C13H20N2O.2ClH/c1-12(15-9-7-14-8-10-15)11-16-13-5-3-2-4-6-13;;/h2-6,12,14H,7-11H2,1H3;2*1H. The van der Waals surface area contributed by atoms with E-state index in [1.165, 1.54) is 0 Å². The molecule has 1 aliphatic heterocycles. The predicted molar refractivity (Wildman–Crippen MR) is 80.3 cm³/mol. The average Bonchev–Trinajstić information content (AvgIpc) is 2.38. The van der Waals surface area contributed by atoms with Crippen LogP contribution in [0.1, 0.15) is 6.92 Å². The number of halogens is 2. The monoisotopic (exact) mass is 292 g/mol. The lowest BCUT2D eigenvalue weighted by Crippen LogP contribution is -2.49. The Hall–Kier alpha value is -0.480. The van der Waals surface area contributed by atoms with E-state index in [4.69, 9.17) is 4.74 Å². The van der Waals surface area contributed by atoms with Crippen molar-refractivity contribution < 1.29 is 4.74 Å². The van der Waals surface area contributed by atoms with Crippen LogP contribution in [-0.4, -0.2) is 43.7 Å². The quantitative estimate of drug-likeness (QED) is 0.921. The topological polar surface area (TPSA) is 24.5 Å². The molecule has 1 N–H and O–H groups in total. The van der Waals surface area contributed by atoms with Gasteiger partial charge in [-0.25, -0.2) is 0 Å². The molecule has 2 rings (SSSR count). The minimum atomic E-state index is 0. The number of nitrogens with zero attached hydrogens (tertiary/aromatic N) is 1. The van der Waals surface area contributed by atoms with Crippen molar-refractivity contribution in [1.29, 1.82) is 0 Å². The Morgan fingerprint density at radius 1 is 1.17 bits per heavy atom. The Balaban J connectivity index is 0.00000144. The van der Waals surface area contributed by atoms with E-state index in [1.807, 2.05) is 30.3 Å². The van der Waals surface area contributed by atoms with Crippen LogP contribution in [0.4, 0.5) is 0 Å². The molecular formula is C13H22Cl2N2O. The molecule has 104 valence electrons. The van der Waals surface area contributed by atoms with Gasteiger partial charge >= 0.3 is 0 Å². The molecule has 18 heavy (non-hydrogen) atoms. The Labute approximate surface area is 122 Å². The number of hydrogen-bond donors (Lipinski definition) is 1. The van der Waals surface area contributed by atoms with E-state index in [0.29, 0.717) is 6.04 Å². The average molecular weight is 293 g/mol. The van der Waals surface area contributed by atoms with E-state index in [1.54, 1.807) is 0 Å². The number of benzene rings is 1. The number of piperazine rings is 1. The van der Waals surface area contributed by atoms with Gasteiger partial charge in [-0.3, -0.25) is 4.90 Å². The van der Waals surface area contributed by atoms with Crippen molar-refractivity contribution in [2.24, 2.45) is 0 Å². The van der Waals surface area contributed by atoms with Crippen LogP contribution < -0.4 is 10.1 Å². The normalized spacial score (nSPS) is 17.2. The minimum absolute atomic E-state index is 0. The van der Waals surface area contributed by atoms with Crippen molar-refractivity contribution in [3.63, 3.8) is 0 Å². The van der Waals surface area contributed by atoms with Crippen molar-refractivity contribution in [3.8, 4) is 5.75 Å². The number of rotatable bonds is 4. The summed E-state index contributed by atoms with van der Waals surface area (Å²) in [6.07, 6.45) is 0. The molecule has 0 aromatic heterocycles. The molecule has 1 unspecified atom stereocenters. The first-order valence-corrected chi connectivity index (χ1v) is 5.99. The Kier molecular flexibility index (Phi) is 9.20. The van der Waals surface area contributed by atoms with E-state index in [9.17, 15) is 0 Å². The molecule has 1 aliphatic rings. The fourth-order valence-electron chi connectivity index (χ4n) is 1.96. The molecule has 1 heterocycles. The van der Waals surface area contributed by atoms with Crippen LogP contribution >= 0.6 is 24.8 Å². The highest BCUT2D eigenvalue weighted by molar-refractivity contribution is 5.85. The molecule has 0 radical (unpaired) electrons. The van der Waals surface area contributed by atoms with Gasteiger partial charge in [-0.2, -0.15) is 0 Å². The molecule has 0 saturated carbocycles. The lowest BCUT2D eigenvalue weighted by Gasteiger charge is -2.32. The van der Waals surface area contributed by atoms with Gasteiger partial charge in [0.25, 0.3) is 0 Å². The van der Waals surface area contributed by atoms with Crippen LogP contribution in [0.15, 0.2) is 30.3 Å². The SMILES string of the molecule is CC(COc1ccccc1)N1CCNCC1.Cl.Cl. The number of nitrogens with one attached hydrogen (secondary N) is 1. The van der Waals surface area contributed by atoms with Crippen molar-refractivity contribution in [2.45, 2.75) is 13.0 Å². The third-order valence-corrected chi connectivity index (χ3v) is 3.01. The third-order valence-electron chi connectivity index (χ3n) is 3.01. The fraction of sp³-hybridized carbons (Fsp3) is 0.538. The van der Waals surface area contributed by atoms with E-state index < -0.39 is 0 Å². The molecule has 3 nitrogen and oxygen atoms in total. The first-order chi connectivity index (χ1) is 7.86. The van der Waals surface area contributed by atoms with Crippen molar-refractivity contribution in [3.05, 3.63) is 30.3 Å². The van der Waals surface area contributed by atoms with Crippen LogP contribution in [0.5, 0.6) is 5.75 Å². The van der Waals surface area contributed by atoms with Crippen LogP contribution in [0.3, 0.4) is 0 Å². The summed E-state index contributed by atoms with van der Waals surface area (Å²) in [7, 11) is 0. The number of ether oxygens (including phenoxy) is 1. The van der Waals surface area contributed by atoms with Crippen molar-refractivity contribution in [2.75, 3.05) is 32.8 Å². The zero-order valence-electron chi connectivity index (χ0n) is 10.7. The highest BCUT2D eigenvalue weighted by Gasteiger charge is 2.16. The molecule has 1 aromatic rings. The Bertz CT molecular complexity index is 305. The van der Waals surface area contributed by atoms with Gasteiger partial charge in [0.05, 0.1) is 0 Å². The molecule has 0 bridgehead atoms. The lowest BCUT2D eigenvalue weighted by atomic mass is 10.2. The van der Waals surface area contributed by atoms with Crippen molar-refractivity contribution in [1.82, 2.24) is 10.2 Å². The second-order valence-corrected chi connectivity index (χ2v) is 4.26. The molecular weight excluding hydrogens is 271 g/mol. The zero-order chi connectivity index (χ0) is 11.2. The largest absolute Gasteiger partial charge is 0.492 e. The van der Waals surface area contributed by atoms with E-state index in [2.05, 4.69) is 17.1 Å². The molecule has 1 atom stereocenters. The summed E-state index contributed by atoms with van der Waals surface area (Å²) in [5.41, 5.74) is 0. The summed E-state index contributed by atoms with van der Waals surface area (Å²) < 4.78 is 5.76. The van der Waals surface area contributed by atoms with Gasteiger partial charge in [0, 0.05) is 32.2 Å². The zero-order valence-corrected chi connectivity index (χ0v) is 12.3. The predicted octanol–water partition coefficient (Wildman–Crippen LogP) is 2.20. The second kappa shape index (κ2) is 9.45. The maximum absolute atomic E-state index is 5.76. The van der Waals surface area contributed by atoms with Gasteiger partial charge in [-0.1, -0.05) is 18.2 Å². The van der Waals surface area contributed by atoms with Gasteiger partial charge in [0.1, 0.15) is 12.4 Å². The summed E-state index contributed by atoms with van der Waals surface area (Å²) in [5.74, 6) is 0.962. The van der Waals surface area contributed by atoms with Crippen LogP contribution in [0.2, 0.25) is 0 Å². The number of para-hydroxylation sites is 1. The van der Waals surface area contributed by atoms with Gasteiger partial charge in [-0.15, -0.1) is 24.8 Å². The Morgan fingerprint density at radius 3 is 2.39 bits per heavy atom. The fourth-order valence-corrected chi connectivity index (χ4v) is 1.96. The van der Waals surface area contributed by atoms with Gasteiger partial charge < -0.3 is 10.1 Å². The van der Waals surface area contributed by atoms with E-state index in [-0.39, 0.29) is 24.8 Å². The molecule has 1 aromatic carbocycles. The molecule has 5 heteroatoms. The maximum atomic E-state index is 5.76. The van der Waals surface area contributed by atoms with E-state index in [0.717, 1.165) is 38.5 Å². The summed E-state index contributed by atoms with van der Waals surface area (Å²) in [6.45, 7) is 7.43. The van der Waals surface area contributed by atoms with Crippen LogP contribution in [0.25, 0.3) is 0 Å². The highest BCUT2D eigenvalue weighted by atomic mass is 35.5. The number of hydrogen-bond acceptors (Lipinski definition) is 3. The Morgan fingerprint density at radius 2 is 1.78 bits per heavy atom. The summed E-state index contributed by atoms with van der Waals surface area (Å²) in [4.78, 5) is 2.47. The smallest absolute Gasteiger partial charge is 0.119 e. The summed E-state index contributed by atoms with van der Waals surface area (Å²) in [5, 5.41) is 3.36. The highest BCUT2D eigenvalue weighted by Crippen LogP contribution is 2.10. The minimum Gasteiger partial charge on any atom is -0.492 e. The van der Waals surface area contributed by atoms with Crippen LogP contribution in [-0.2, 0) is 0 Å². The van der Waals surface area contributed by atoms with Crippen LogP contribution in [0, 0.1) is 0 Å². The molecule has 0 amide bonds. The summed E-state index contributed by atoms with van der Waals surface area (Å²) in [6, 6.07) is 10.5. The van der Waals surface area contributed by atoms with Gasteiger partial charge in [-0.05, 0) is 19.1 Å². The molecule has 1 saturated heterocycles. The molecule has 0 spiro atoms. The molecule has 0 aliphatic carbocycles. The van der Waals surface area contributed by atoms with E-state index >= 15 is 0 Å². The third kappa shape index (κ3) is 5.44. The summed E-state index contributed by atoms with van der Waals surface area (Å²) >= 11 is 0.